The van der Waals surface area contributed by atoms with Crippen molar-refractivity contribution >= 4 is 0 Å². The summed E-state index contributed by atoms with van der Waals surface area (Å²) in [6.07, 6.45) is 7.52. The third kappa shape index (κ3) is 2.01. The van der Waals surface area contributed by atoms with Crippen molar-refractivity contribution in [2.45, 2.75) is 40.0 Å². The van der Waals surface area contributed by atoms with Gasteiger partial charge in [-0.15, -0.1) is 0 Å². The highest BCUT2D eigenvalue weighted by molar-refractivity contribution is 5.32. The molecular formula is C14H20N2. The van der Waals surface area contributed by atoms with Crippen molar-refractivity contribution < 1.29 is 0 Å². The van der Waals surface area contributed by atoms with Gasteiger partial charge in [0.05, 0.1) is 0 Å². The summed E-state index contributed by atoms with van der Waals surface area (Å²) in [5, 5.41) is 7.07. The molecule has 0 amide bonds. The lowest BCUT2D eigenvalue weighted by atomic mass is 9.52. The Hall–Kier alpha value is -1.18. The average Bonchev–Trinajstić information content (AvgIpc) is 2.31. The van der Waals surface area contributed by atoms with E-state index < -0.39 is 0 Å². The second kappa shape index (κ2) is 4.36. The van der Waals surface area contributed by atoms with Crippen molar-refractivity contribution in [2.75, 3.05) is 0 Å². The van der Waals surface area contributed by atoms with E-state index in [9.17, 15) is 0 Å². The standard InChI is InChI=1S/C10H16.C4H4N2/c1-7-4-5-8-6-9(7)10(8,2)3;1-2-4-6-5-3-1/h8H,4-6H2,1-3H3;1-4H. The maximum absolute atomic E-state index is 3.53. The fourth-order valence-corrected chi connectivity index (χ4v) is 2.86. The van der Waals surface area contributed by atoms with Crippen LogP contribution in [0.15, 0.2) is 35.7 Å². The maximum Gasteiger partial charge on any atom is 0.0496 e. The lowest BCUT2D eigenvalue weighted by Gasteiger charge is -2.52. The number of hydrogen-bond donors (Lipinski definition) is 0. The third-order valence-electron chi connectivity index (χ3n) is 4.12. The van der Waals surface area contributed by atoms with Gasteiger partial charge in [-0.3, -0.25) is 0 Å². The first-order chi connectivity index (χ1) is 7.62. The van der Waals surface area contributed by atoms with Gasteiger partial charge in [-0.1, -0.05) is 25.0 Å². The van der Waals surface area contributed by atoms with E-state index in [0.29, 0.717) is 5.41 Å². The molecule has 0 spiro atoms. The van der Waals surface area contributed by atoms with Crippen LogP contribution >= 0.6 is 0 Å². The van der Waals surface area contributed by atoms with E-state index in [1.54, 1.807) is 23.5 Å². The largest absolute Gasteiger partial charge is 0.159 e. The van der Waals surface area contributed by atoms with Gasteiger partial charge in [0.1, 0.15) is 0 Å². The van der Waals surface area contributed by atoms with E-state index in [0.717, 1.165) is 5.92 Å². The molecule has 0 saturated heterocycles. The Kier molecular flexibility index (Phi) is 3.08. The number of allylic oxidation sites excluding steroid dienone is 2. The van der Waals surface area contributed by atoms with Gasteiger partial charge in [-0.05, 0) is 49.7 Å². The molecule has 1 saturated carbocycles. The van der Waals surface area contributed by atoms with Gasteiger partial charge in [-0.25, -0.2) is 0 Å². The molecule has 2 heteroatoms. The predicted molar refractivity (Wildman–Crippen MR) is 65.9 cm³/mol. The predicted octanol–water partition coefficient (Wildman–Crippen LogP) is 3.62. The van der Waals surface area contributed by atoms with Gasteiger partial charge in [0, 0.05) is 12.4 Å². The Bertz CT molecular complexity index is 352. The van der Waals surface area contributed by atoms with Gasteiger partial charge in [0.15, 0.2) is 0 Å². The van der Waals surface area contributed by atoms with Crippen molar-refractivity contribution in [3.05, 3.63) is 35.7 Å². The molecule has 1 atom stereocenters. The molecule has 1 fully saturated rings. The Morgan fingerprint density at radius 2 is 1.81 bits per heavy atom. The van der Waals surface area contributed by atoms with Crippen LogP contribution in [0, 0.1) is 11.3 Å². The monoisotopic (exact) mass is 216 g/mol. The molecule has 0 N–H and O–H groups in total. The van der Waals surface area contributed by atoms with E-state index in [1.165, 1.54) is 19.3 Å². The molecule has 2 nitrogen and oxygen atoms in total. The Morgan fingerprint density at radius 3 is 2.06 bits per heavy atom. The van der Waals surface area contributed by atoms with Gasteiger partial charge >= 0.3 is 0 Å². The lowest BCUT2D eigenvalue weighted by molar-refractivity contribution is 0.133. The van der Waals surface area contributed by atoms with E-state index in [-0.39, 0.29) is 0 Å². The first-order valence-corrected chi connectivity index (χ1v) is 6.03. The van der Waals surface area contributed by atoms with E-state index in [1.807, 2.05) is 12.1 Å². The zero-order chi connectivity index (χ0) is 11.6. The van der Waals surface area contributed by atoms with Crippen molar-refractivity contribution in [2.24, 2.45) is 11.3 Å². The summed E-state index contributed by atoms with van der Waals surface area (Å²) < 4.78 is 0. The van der Waals surface area contributed by atoms with Gasteiger partial charge in [0.25, 0.3) is 0 Å². The van der Waals surface area contributed by atoms with Crippen LogP contribution in [0.4, 0.5) is 0 Å². The Labute approximate surface area is 97.8 Å². The molecule has 4 rings (SSSR count). The van der Waals surface area contributed by atoms with Crippen LogP contribution in [0.3, 0.4) is 0 Å². The number of nitrogens with zero attached hydrogens (tertiary/aromatic N) is 2. The summed E-state index contributed by atoms with van der Waals surface area (Å²) in [5.74, 6) is 1.02. The highest BCUT2D eigenvalue weighted by Gasteiger charge is 2.46. The minimum absolute atomic E-state index is 0.586. The van der Waals surface area contributed by atoms with Gasteiger partial charge in [-0.2, -0.15) is 10.2 Å². The second-order valence-corrected chi connectivity index (χ2v) is 5.33. The zero-order valence-corrected chi connectivity index (χ0v) is 10.4. The molecule has 0 aliphatic heterocycles. The number of aromatic nitrogens is 2. The minimum atomic E-state index is 0.586. The molecule has 16 heavy (non-hydrogen) atoms. The molecule has 0 radical (unpaired) electrons. The van der Waals surface area contributed by atoms with Gasteiger partial charge in [0.2, 0.25) is 0 Å². The molecule has 0 aromatic carbocycles. The van der Waals surface area contributed by atoms with Crippen LogP contribution in [-0.2, 0) is 0 Å². The quantitative estimate of drug-likeness (QED) is 0.619. The number of rotatable bonds is 0. The third-order valence-corrected chi connectivity index (χ3v) is 4.12. The SMILES string of the molecule is CC1=C2CC(CC1)C2(C)C.c1ccnnc1. The summed E-state index contributed by atoms with van der Waals surface area (Å²) >= 11 is 0. The molecule has 1 aromatic rings. The zero-order valence-electron chi connectivity index (χ0n) is 10.4. The van der Waals surface area contributed by atoms with Crippen molar-refractivity contribution in [1.29, 1.82) is 0 Å². The second-order valence-electron chi connectivity index (χ2n) is 5.33. The van der Waals surface area contributed by atoms with E-state index in [2.05, 4.69) is 31.0 Å². The van der Waals surface area contributed by atoms with Crippen LogP contribution in [0.1, 0.15) is 40.0 Å². The highest BCUT2D eigenvalue weighted by Crippen LogP contribution is 2.58. The molecule has 3 aliphatic rings. The molecule has 1 unspecified atom stereocenters. The van der Waals surface area contributed by atoms with E-state index >= 15 is 0 Å². The van der Waals surface area contributed by atoms with Gasteiger partial charge < -0.3 is 0 Å². The summed E-state index contributed by atoms with van der Waals surface area (Å²) in [5.41, 5.74) is 4.04. The lowest BCUT2D eigenvalue weighted by Crippen LogP contribution is -2.41. The van der Waals surface area contributed by atoms with Crippen molar-refractivity contribution in [3.63, 3.8) is 0 Å². The minimum Gasteiger partial charge on any atom is -0.159 e. The summed E-state index contributed by atoms with van der Waals surface area (Å²) in [6, 6.07) is 3.65. The molecule has 2 bridgehead atoms. The van der Waals surface area contributed by atoms with Crippen LogP contribution < -0.4 is 0 Å². The first-order valence-electron chi connectivity index (χ1n) is 6.03. The molecule has 1 heterocycles. The Balaban J connectivity index is 0.000000138. The van der Waals surface area contributed by atoms with Crippen molar-refractivity contribution in [1.82, 2.24) is 10.2 Å². The normalized spacial score (nSPS) is 25.3. The smallest absolute Gasteiger partial charge is 0.0496 e. The Morgan fingerprint density at radius 1 is 1.19 bits per heavy atom. The van der Waals surface area contributed by atoms with Crippen LogP contribution in [0.25, 0.3) is 0 Å². The topological polar surface area (TPSA) is 25.8 Å². The molecule has 3 aliphatic carbocycles. The van der Waals surface area contributed by atoms with Crippen LogP contribution in [0.2, 0.25) is 0 Å². The summed E-state index contributed by atoms with van der Waals surface area (Å²) in [4.78, 5) is 0. The van der Waals surface area contributed by atoms with Crippen molar-refractivity contribution in [3.8, 4) is 0 Å². The van der Waals surface area contributed by atoms with Crippen LogP contribution in [0.5, 0.6) is 0 Å². The average molecular weight is 216 g/mol. The first kappa shape index (κ1) is 11.3. The van der Waals surface area contributed by atoms with Crippen LogP contribution in [-0.4, -0.2) is 10.2 Å². The fourth-order valence-electron chi connectivity index (χ4n) is 2.86. The molecule has 86 valence electrons. The molecule has 1 aromatic heterocycles. The van der Waals surface area contributed by atoms with E-state index in [4.69, 9.17) is 0 Å². The highest BCUT2D eigenvalue weighted by atomic mass is 15.1. The maximum atomic E-state index is 3.53. The summed E-state index contributed by atoms with van der Waals surface area (Å²) in [6.45, 7) is 7.12. The number of fused-ring (bicyclic) bond motifs is 2. The summed E-state index contributed by atoms with van der Waals surface area (Å²) in [7, 11) is 0. The fraction of sp³-hybridized carbons (Fsp3) is 0.571. The molecular weight excluding hydrogens is 196 g/mol. The number of hydrogen-bond acceptors (Lipinski definition) is 2.